The maximum absolute atomic E-state index is 13.4. The molecule has 1 amide bonds. The molecule has 0 spiro atoms. The highest BCUT2D eigenvalue weighted by Gasteiger charge is 2.16. The van der Waals surface area contributed by atoms with Crippen LogP contribution in [0.15, 0.2) is 30.3 Å². The van der Waals surface area contributed by atoms with E-state index in [-0.39, 0.29) is 17.8 Å². The number of benzene rings is 1. The van der Waals surface area contributed by atoms with Gasteiger partial charge in [-0.15, -0.1) is 0 Å². The van der Waals surface area contributed by atoms with Gasteiger partial charge in [-0.05, 0) is 52.0 Å². The number of amides is 1. The molecule has 0 saturated carbocycles. The number of hydrogen-bond acceptors (Lipinski definition) is 3. The van der Waals surface area contributed by atoms with Crippen LogP contribution < -0.4 is 5.32 Å². The molecule has 6 heteroatoms. The zero-order valence-corrected chi connectivity index (χ0v) is 14.8. The Bertz CT molecular complexity index is 943. The number of pyridine rings is 1. The van der Waals surface area contributed by atoms with Gasteiger partial charge in [0.15, 0.2) is 0 Å². The van der Waals surface area contributed by atoms with E-state index in [9.17, 15) is 9.18 Å². The number of halogens is 1. The molecule has 1 N–H and O–H groups in total. The van der Waals surface area contributed by atoms with E-state index in [1.807, 2.05) is 31.5 Å². The number of carbonyl (C=O) groups is 1. The van der Waals surface area contributed by atoms with Gasteiger partial charge in [0.05, 0.1) is 23.3 Å². The Labute approximate surface area is 145 Å². The van der Waals surface area contributed by atoms with E-state index in [4.69, 9.17) is 0 Å². The predicted octanol–water partition coefficient (Wildman–Crippen LogP) is 3.31. The third-order valence-electron chi connectivity index (χ3n) is 4.07. The van der Waals surface area contributed by atoms with Crippen molar-refractivity contribution in [2.24, 2.45) is 0 Å². The molecule has 5 nitrogen and oxygen atoms in total. The molecule has 0 radical (unpaired) electrons. The number of rotatable bonds is 4. The molecule has 0 aliphatic rings. The SMILES string of the molecule is Cc1cc(C(=O)N[C@@H](C)Cn2nc(C)cc2C)c2ccc(F)cc2n1. The number of aromatic nitrogens is 3. The van der Waals surface area contributed by atoms with Gasteiger partial charge in [0, 0.05) is 28.9 Å². The molecule has 0 saturated heterocycles. The highest BCUT2D eigenvalue weighted by atomic mass is 19.1. The van der Waals surface area contributed by atoms with Gasteiger partial charge >= 0.3 is 0 Å². The van der Waals surface area contributed by atoms with Crippen molar-refractivity contribution in [2.75, 3.05) is 0 Å². The van der Waals surface area contributed by atoms with E-state index < -0.39 is 0 Å². The molecule has 1 atom stereocenters. The Morgan fingerprint density at radius 3 is 2.64 bits per heavy atom. The van der Waals surface area contributed by atoms with Gasteiger partial charge in [0.25, 0.3) is 5.91 Å². The number of nitrogens with zero attached hydrogens (tertiary/aromatic N) is 3. The van der Waals surface area contributed by atoms with E-state index in [1.54, 1.807) is 19.1 Å². The average Bonchev–Trinajstić information content (AvgIpc) is 2.83. The van der Waals surface area contributed by atoms with Gasteiger partial charge in [-0.2, -0.15) is 5.10 Å². The van der Waals surface area contributed by atoms with Crippen LogP contribution in [0.4, 0.5) is 4.39 Å². The van der Waals surface area contributed by atoms with Crippen LogP contribution in [0.5, 0.6) is 0 Å². The van der Waals surface area contributed by atoms with Crippen molar-refractivity contribution in [3.05, 3.63) is 58.8 Å². The molecule has 1 aromatic carbocycles. The number of nitrogens with one attached hydrogen (secondary N) is 1. The molecule has 25 heavy (non-hydrogen) atoms. The first-order valence-corrected chi connectivity index (χ1v) is 8.22. The van der Waals surface area contributed by atoms with Gasteiger partial charge in [0.1, 0.15) is 5.82 Å². The summed E-state index contributed by atoms with van der Waals surface area (Å²) < 4.78 is 15.3. The van der Waals surface area contributed by atoms with Crippen molar-refractivity contribution in [3.63, 3.8) is 0 Å². The molecule has 0 fully saturated rings. The lowest BCUT2D eigenvalue weighted by Gasteiger charge is -2.16. The van der Waals surface area contributed by atoms with Gasteiger partial charge in [-0.25, -0.2) is 4.39 Å². The van der Waals surface area contributed by atoms with E-state index in [2.05, 4.69) is 15.4 Å². The van der Waals surface area contributed by atoms with Gasteiger partial charge in [-0.1, -0.05) is 0 Å². The minimum atomic E-state index is -0.366. The number of hydrogen-bond donors (Lipinski definition) is 1. The van der Waals surface area contributed by atoms with E-state index in [1.165, 1.54) is 12.1 Å². The van der Waals surface area contributed by atoms with Crippen LogP contribution in [-0.2, 0) is 6.54 Å². The first-order valence-electron chi connectivity index (χ1n) is 8.22. The molecule has 2 aromatic heterocycles. The van der Waals surface area contributed by atoms with Crippen LogP contribution in [0.2, 0.25) is 0 Å². The largest absolute Gasteiger partial charge is 0.348 e. The molecule has 3 rings (SSSR count). The zero-order valence-electron chi connectivity index (χ0n) is 14.8. The molecule has 2 heterocycles. The van der Waals surface area contributed by atoms with Crippen LogP contribution in [0, 0.1) is 26.6 Å². The Hall–Kier alpha value is -2.76. The fourth-order valence-electron chi connectivity index (χ4n) is 2.99. The van der Waals surface area contributed by atoms with E-state index in [0.717, 1.165) is 11.4 Å². The molecule has 0 aliphatic heterocycles. The summed E-state index contributed by atoms with van der Waals surface area (Å²) in [6, 6.07) is 7.91. The maximum atomic E-state index is 13.4. The molecule has 3 aromatic rings. The van der Waals surface area contributed by atoms with Crippen LogP contribution in [0.1, 0.15) is 34.4 Å². The topological polar surface area (TPSA) is 59.8 Å². The summed E-state index contributed by atoms with van der Waals surface area (Å²) >= 11 is 0. The smallest absolute Gasteiger partial charge is 0.252 e. The van der Waals surface area contributed by atoms with E-state index in [0.29, 0.717) is 28.7 Å². The first-order chi connectivity index (χ1) is 11.8. The molecule has 0 unspecified atom stereocenters. The number of fused-ring (bicyclic) bond motifs is 1. The zero-order chi connectivity index (χ0) is 18.1. The van der Waals surface area contributed by atoms with Gasteiger partial charge < -0.3 is 5.32 Å². The van der Waals surface area contributed by atoms with Crippen LogP contribution in [-0.4, -0.2) is 26.7 Å². The van der Waals surface area contributed by atoms with Crippen LogP contribution >= 0.6 is 0 Å². The van der Waals surface area contributed by atoms with Crippen molar-refractivity contribution < 1.29 is 9.18 Å². The molecular weight excluding hydrogens is 319 g/mol. The monoisotopic (exact) mass is 340 g/mol. The summed E-state index contributed by atoms with van der Waals surface area (Å²) in [5, 5.41) is 8.05. The second kappa shape index (κ2) is 6.63. The van der Waals surface area contributed by atoms with Crippen molar-refractivity contribution in [2.45, 2.75) is 40.3 Å². The van der Waals surface area contributed by atoms with Crippen molar-refractivity contribution >= 4 is 16.8 Å². The fourth-order valence-corrected chi connectivity index (χ4v) is 2.99. The molecule has 130 valence electrons. The average molecular weight is 340 g/mol. The Balaban J connectivity index is 1.83. The third-order valence-corrected chi connectivity index (χ3v) is 4.07. The molecular formula is C19H21FN4O. The minimum Gasteiger partial charge on any atom is -0.348 e. The number of carbonyl (C=O) groups excluding carboxylic acids is 1. The maximum Gasteiger partial charge on any atom is 0.252 e. The highest BCUT2D eigenvalue weighted by molar-refractivity contribution is 6.06. The third kappa shape index (κ3) is 3.68. The molecule has 0 aliphatic carbocycles. The summed E-state index contributed by atoms with van der Waals surface area (Å²) in [6.45, 7) is 8.24. The Kier molecular flexibility index (Phi) is 4.53. The lowest BCUT2D eigenvalue weighted by molar-refractivity contribution is 0.0937. The van der Waals surface area contributed by atoms with Crippen molar-refractivity contribution in [3.8, 4) is 0 Å². The summed E-state index contributed by atoms with van der Waals surface area (Å²) in [4.78, 5) is 17.0. The van der Waals surface area contributed by atoms with Crippen LogP contribution in [0.25, 0.3) is 10.9 Å². The minimum absolute atomic E-state index is 0.102. The van der Waals surface area contributed by atoms with Gasteiger partial charge in [-0.3, -0.25) is 14.5 Å². The lowest BCUT2D eigenvalue weighted by Crippen LogP contribution is -2.36. The lowest BCUT2D eigenvalue weighted by atomic mass is 10.1. The normalized spacial score (nSPS) is 12.4. The summed E-state index contributed by atoms with van der Waals surface area (Å²) in [5.74, 6) is -0.564. The number of aryl methyl sites for hydroxylation is 3. The summed E-state index contributed by atoms with van der Waals surface area (Å²) in [5.41, 5.74) is 3.67. The van der Waals surface area contributed by atoms with Gasteiger partial charge in [0.2, 0.25) is 0 Å². The van der Waals surface area contributed by atoms with Crippen LogP contribution in [0.3, 0.4) is 0 Å². The van der Waals surface area contributed by atoms with Crippen molar-refractivity contribution in [1.29, 1.82) is 0 Å². The van der Waals surface area contributed by atoms with Crippen molar-refractivity contribution in [1.82, 2.24) is 20.1 Å². The quantitative estimate of drug-likeness (QED) is 0.793. The second-order valence-corrected chi connectivity index (χ2v) is 6.46. The Morgan fingerprint density at radius 1 is 1.20 bits per heavy atom. The predicted molar refractivity (Wildman–Crippen MR) is 95.1 cm³/mol. The van der Waals surface area contributed by atoms with E-state index >= 15 is 0 Å². The first kappa shape index (κ1) is 17.1. The summed E-state index contributed by atoms with van der Waals surface area (Å²) in [6.07, 6.45) is 0. The summed E-state index contributed by atoms with van der Waals surface area (Å²) in [7, 11) is 0. The fraction of sp³-hybridized carbons (Fsp3) is 0.316. The highest BCUT2D eigenvalue weighted by Crippen LogP contribution is 2.19. The molecule has 0 bridgehead atoms. The standard InChI is InChI=1S/C19H21FN4O/c1-11-8-17(16-6-5-15(20)9-18(16)21-11)19(25)22-13(3)10-24-14(4)7-12(2)23-24/h5-9,13H,10H2,1-4H3,(H,22,25)/t13-/m0/s1. The Morgan fingerprint density at radius 2 is 1.96 bits per heavy atom. The second-order valence-electron chi connectivity index (χ2n) is 6.46.